The Balaban J connectivity index is 2.37. The van der Waals surface area contributed by atoms with Gasteiger partial charge >= 0.3 is 0 Å². The lowest BCUT2D eigenvalue weighted by atomic mass is 10.1. The fourth-order valence-electron chi connectivity index (χ4n) is 1.28. The second-order valence-corrected chi connectivity index (χ2v) is 3.42. The van der Waals surface area contributed by atoms with Gasteiger partial charge in [0.05, 0.1) is 7.11 Å². The quantitative estimate of drug-likeness (QED) is 0.788. The normalized spacial score (nSPS) is 9.93. The van der Waals surface area contributed by atoms with Crippen LogP contribution in [0.3, 0.4) is 0 Å². The first kappa shape index (κ1) is 9.86. The number of aromatic amines is 1. The lowest BCUT2D eigenvalue weighted by molar-refractivity contribution is 0.415. The van der Waals surface area contributed by atoms with Crippen LogP contribution < -0.4 is 4.74 Å². The SMILES string of the molecule is COc1ccc(-c2cnc(=S)[nH]c2)cc1. The van der Waals surface area contributed by atoms with Crippen LogP contribution in [0.4, 0.5) is 0 Å². The lowest BCUT2D eigenvalue weighted by Crippen LogP contribution is -1.85. The van der Waals surface area contributed by atoms with Crippen LogP contribution in [0.2, 0.25) is 0 Å². The number of nitrogens with zero attached hydrogens (tertiary/aromatic N) is 1. The minimum absolute atomic E-state index is 0.493. The summed E-state index contributed by atoms with van der Waals surface area (Å²) in [5.41, 5.74) is 2.08. The molecular formula is C11H10N2OS. The van der Waals surface area contributed by atoms with E-state index in [0.717, 1.165) is 16.9 Å². The topological polar surface area (TPSA) is 37.9 Å². The summed E-state index contributed by atoms with van der Waals surface area (Å²) >= 11 is 4.87. The largest absolute Gasteiger partial charge is 0.497 e. The van der Waals surface area contributed by atoms with Gasteiger partial charge in [0.25, 0.3) is 0 Å². The Labute approximate surface area is 92.8 Å². The molecule has 1 N–H and O–H groups in total. The summed E-state index contributed by atoms with van der Waals surface area (Å²) in [5.74, 6) is 0.843. The molecule has 1 aromatic carbocycles. The van der Waals surface area contributed by atoms with Gasteiger partial charge in [-0.2, -0.15) is 0 Å². The minimum Gasteiger partial charge on any atom is -0.497 e. The van der Waals surface area contributed by atoms with Crippen molar-refractivity contribution in [3.63, 3.8) is 0 Å². The highest BCUT2D eigenvalue weighted by molar-refractivity contribution is 7.71. The number of nitrogens with one attached hydrogen (secondary N) is 1. The van der Waals surface area contributed by atoms with Crippen LogP contribution in [0.5, 0.6) is 5.75 Å². The summed E-state index contributed by atoms with van der Waals surface area (Å²) in [6.45, 7) is 0. The standard InChI is InChI=1S/C11H10N2OS/c1-14-10-4-2-8(3-5-10)9-6-12-11(15)13-7-9/h2-7H,1H3,(H,12,13,15). The molecule has 0 spiro atoms. The third kappa shape index (κ3) is 2.22. The molecule has 0 unspecified atom stereocenters. The molecule has 0 radical (unpaired) electrons. The maximum absolute atomic E-state index is 5.08. The van der Waals surface area contributed by atoms with E-state index in [1.807, 2.05) is 30.5 Å². The maximum atomic E-state index is 5.08. The molecule has 0 bridgehead atoms. The molecule has 1 heterocycles. The van der Waals surface area contributed by atoms with Gasteiger partial charge < -0.3 is 9.72 Å². The van der Waals surface area contributed by atoms with E-state index in [4.69, 9.17) is 17.0 Å². The van der Waals surface area contributed by atoms with Crippen LogP contribution in [0, 0.1) is 4.77 Å². The van der Waals surface area contributed by atoms with Crippen LogP contribution in [0.15, 0.2) is 36.7 Å². The van der Waals surface area contributed by atoms with Gasteiger partial charge in [-0.1, -0.05) is 12.1 Å². The zero-order chi connectivity index (χ0) is 10.7. The molecule has 76 valence electrons. The van der Waals surface area contributed by atoms with Gasteiger partial charge in [0.2, 0.25) is 0 Å². The summed E-state index contributed by atoms with van der Waals surface area (Å²) in [7, 11) is 1.65. The minimum atomic E-state index is 0.493. The number of ether oxygens (including phenoxy) is 1. The summed E-state index contributed by atoms with van der Waals surface area (Å²) < 4.78 is 5.58. The van der Waals surface area contributed by atoms with Crippen LogP contribution in [0.25, 0.3) is 11.1 Å². The smallest absolute Gasteiger partial charge is 0.196 e. The highest BCUT2D eigenvalue weighted by atomic mass is 32.1. The van der Waals surface area contributed by atoms with Crippen molar-refractivity contribution in [2.24, 2.45) is 0 Å². The van der Waals surface area contributed by atoms with Crippen molar-refractivity contribution in [2.75, 3.05) is 7.11 Å². The predicted octanol–water partition coefficient (Wildman–Crippen LogP) is 2.81. The van der Waals surface area contributed by atoms with Crippen molar-refractivity contribution in [2.45, 2.75) is 0 Å². The molecule has 2 rings (SSSR count). The maximum Gasteiger partial charge on any atom is 0.196 e. The van der Waals surface area contributed by atoms with Crippen LogP contribution in [-0.2, 0) is 0 Å². The molecule has 0 saturated heterocycles. The van der Waals surface area contributed by atoms with Crippen LogP contribution >= 0.6 is 12.2 Å². The van der Waals surface area contributed by atoms with Crippen molar-refractivity contribution in [1.82, 2.24) is 9.97 Å². The molecule has 2 aromatic rings. The number of aromatic nitrogens is 2. The Morgan fingerprint density at radius 2 is 1.93 bits per heavy atom. The molecule has 15 heavy (non-hydrogen) atoms. The van der Waals surface area contributed by atoms with Gasteiger partial charge in [-0.3, -0.25) is 0 Å². The van der Waals surface area contributed by atoms with Crippen LogP contribution in [0.1, 0.15) is 0 Å². The van der Waals surface area contributed by atoms with Crippen molar-refractivity contribution < 1.29 is 4.74 Å². The first-order valence-corrected chi connectivity index (χ1v) is 4.89. The van der Waals surface area contributed by atoms with E-state index in [2.05, 4.69) is 9.97 Å². The van der Waals surface area contributed by atoms with Gasteiger partial charge in [0.1, 0.15) is 5.75 Å². The molecule has 0 aliphatic heterocycles. The molecule has 4 heteroatoms. The van der Waals surface area contributed by atoms with Gasteiger partial charge in [0.15, 0.2) is 4.77 Å². The van der Waals surface area contributed by atoms with E-state index in [-0.39, 0.29) is 0 Å². The predicted molar refractivity (Wildman–Crippen MR) is 61.4 cm³/mol. The molecule has 0 saturated carbocycles. The number of rotatable bonds is 2. The highest BCUT2D eigenvalue weighted by Gasteiger charge is 1.97. The summed E-state index contributed by atoms with van der Waals surface area (Å²) in [4.78, 5) is 6.93. The van der Waals surface area contributed by atoms with E-state index >= 15 is 0 Å². The van der Waals surface area contributed by atoms with Crippen LogP contribution in [-0.4, -0.2) is 17.1 Å². The Morgan fingerprint density at radius 3 is 2.47 bits per heavy atom. The van der Waals surface area contributed by atoms with Crippen molar-refractivity contribution >= 4 is 12.2 Å². The zero-order valence-corrected chi connectivity index (χ0v) is 9.04. The van der Waals surface area contributed by atoms with E-state index in [9.17, 15) is 0 Å². The molecule has 1 aromatic heterocycles. The monoisotopic (exact) mass is 218 g/mol. The average molecular weight is 218 g/mol. The second-order valence-electron chi connectivity index (χ2n) is 3.04. The Bertz CT molecular complexity index is 484. The Hall–Kier alpha value is -1.68. The first-order chi connectivity index (χ1) is 7.29. The van der Waals surface area contributed by atoms with Crippen molar-refractivity contribution in [3.05, 3.63) is 41.4 Å². The third-order valence-corrected chi connectivity index (χ3v) is 2.32. The van der Waals surface area contributed by atoms with E-state index in [1.54, 1.807) is 13.3 Å². The number of methoxy groups -OCH3 is 1. The molecule has 0 aliphatic carbocycles. The molecular weight excluding hydrogens is 208 g/mol. The Morgan fingerprint density at radius 1 is 1.20 bits per heavy atom. The number of benzene rings is 1. The number of hydrogen-bond donors (Lipinski definition) is 1. The van der Waals surface area contributed by atoms with Gasteiger partial charge in [-0.05, 0) is 29.9 Å². The fourth-order valence-corrected chi connectivity index (χ4v) is 1.40. The van der Waals surface area contributed by atoms with E-state index < -0.39 is 0 Å². The van der Waals surface area contributed by atoms with E-state index in [1.165, 1.54) is 0 Å². The first-order valence-electron chi connectivity index (χ1n) is 4.49. The summed E-state index contributed by atoms with van der Waals surface area (Å²) in [5, 5.41) is 0. The summed E-state index contributed by atoms with van der Waals surface area (Å²) in [6.07, 6.45) is 3.60. The number of H-pyrrole nitrogens is 1. The zero-order valence-electron chi connectivity index (χ0n) is 8.23. The van der Waals surface area contributed by atoms with E-state index in [0.29, 0.717) is 4.77 Å². The second kappa shape index (κ2) is 4.23. The molecule has 0 aliphatic rings. The van der Waals surface area contributed by atoms with Crippen molar-refractivity contribution in [1.29, 1.82) is 0 Å². The molecule has 0 atom stereocenters. The third-order valence-electron chi connectivity index (χ3n) is 2.10. The highest BCUT2D eigenvalue weighted by Crippen LogP contribution is 2.20. The number of hydrogen-bond acceptors (Lipinski definition) is 3. The van der Waals surface area contributed by atoms with Gasteiger partial charge in [-0.25, -0.2) is 4.98 Å². The van der Waals surface area contributed by atoms with Crippen molar-refractivity contribution in [3.8, 4) is 16.9 Å². The average Bonchev–Trinajstić information content (AvgIpc) is 2.30. The Kier molecular flexibility index (Phi) is 2.78. The molecule has 0 amide bonds. The fraction of sp³-hybridized carbons (Fsp3) is 0.0909. The van der Waals surface area contributed by atoms with Gasteiger partial charge in [-0.15, -0.1) is 0 Å². The lowest BCUT2D eigenvalue weighted by Gasteiger charge is -2.02. The van der Waals surface area contributed by atoms with Gasteiger partial charge in [0, 0.05) is 18.0 Å². The molecule has 0 fully saturated rings. The summed E-state index contributed by atoms with van der Waals surface area (Å²) in [6, 6.07) is 7.79. The molecule has 3 nitrogen and oxygen atoms in total.